The van der Waals surface area contributed by atoms with Crippen LogP contribution in [-0.2, 0) is 4.79 Å². The standard InChI is InChI=1S/C13H16BrNO2/c1-13(2,8-14)15-12(16)10-7-17-11-6-4-3-5-9(10)11/h3-6,10H,7-8H2,1-2H3,(H,15,16). The number of alkyl halides is 1. The lowest BCUT2D eigenvalue weighted by atomic mass is 9.99. The molecular formula is C13H16BrNO2. The predicted octanol–water partition coefficient (Wildman–Crippen LogP) is 2.45. The molecular weight excluding hydrogens is 282 g/mol. The topological polar surface area (TPSA) is 38.3 Å². The van der Waals surface area contributed by atoms with Gasteiger partial charge in [-0.3, -0.25) is 4.79 Å². The quantitative estimate of drug-likeness (QED) is 0.871. The van der Waals surface area contributed by atoms with Gasteiger partial charge in [0.1, 0.15) is 18.3 Å². The fourth-order valence-electron chi connectivity index (χ4n) is 1.83. The molecule has 2 rings (SSSR count). The number of ether oxygens (including phenoxy) is 1. The maximum atomic E-state index is 12.2. The third-order valence-electron chi connectivity index (χ3n) is 2.81. The second kappa shape index (κ2) is 4.69. The molecule has 1 N–H and O–H groups in total. The summed E-state index contributed by atoms with van der Waals surface area (Å²) in [4.78, 5) is 12.2. The Hall–Kier alpha value is -1.03. The Balaban J connectivity index is 2.13. The van der Waals surface area contributed by atoms with Gasteiger partial charge in [-0.25, -0.2) is 0 Å². The van der Waals surface area contributed by atoms with Crippen LogP contribution < -0.4 is 10.1 Å². The second-order valence-corrected chi connectivity index (χ2v) is 5.47. The van der Waals surface area contributed by atoms with Crippen molar-refractivity contribution < 1.29 is 9.53 Å². The molecule has 0 spiro atoms. The van der Waals surface area contributed by atoms with Gasteiger partial charge in [-0.2, -0.15) is 0 Å². The molecule has 0 bridgehead atoms. The van der Waals surface area contributed by atoms with E-state index in [0.717, 1.165) is 16.6 Å². The number of fused-ring (bicyclic) bond motifs is 1. The van der Waals surface area contributed by atoms with Gasteiger partial charge in [-0.15, -0.1) is 0 Å². The zero-order valence-corrected chi connectivity index (χ0v) is 11.6. The molecule has 1 aliphatic rings. The van der Waals surface area contributed by atoms with E-state index in [4.69, 9.17) is 4.74 Å². The Morgan fingerprint density at radius 3 is 2.94 bits per heavy atom. The van der Waals surface area contributed by atoms with Crippen LogP contribution in [0.5, 0.6) is 5.75 Å². The summed E-state index contributed by atoms with van der Waals surface area (Å²) in [6.07, 6.45) is 0. The van der Waals surface area contributed by atoms with Crippen LogP contribution in [-0.4, -0.2) is 23.4 Å². The van der Waals surface area contributed by atoms with Crippen molar-refractivity contribution in [2.45, 2.75) is 25.3 Å². The Morgan fingerprint density at radius 1 is 1.53 bits per heavy atom. The van der Waals surface area contributed by atoms with Gasteiger partial charge in [0.25, 0.3) is 0 Å². The van der Waals surface area contributed by atoms with Crippen molar-refractivity contribution in [3.8, 4) is 5.75 Å². The third-order valence-corrected chi connectivity index (χ3v) is 4.21. The van der Waals surface area contributed by atoms with Crippen molar-refractivity contribution in [2.24, 2.45) is 0 Å². The monoisotopic (exact) mass is 297 g/mol. The number of hydrogen-bond acceptors (Lipinski definition) is 2. The summed E-state index contributed by atoms with van der Waals surface area (Å²) in [6.45, 7) is 4.41. The summed E-state index contributed by atoms with van der Waals surface area (Å²) in [5.41, 5.74) is 0.740. The highest BCUT2D eigenvalue weighted by Crippen LogP contribution is 2.33. The van der Waals surface area contributed by atoms with Gasteiger partial charge in [0.15, 0.2) is 0 Å². The minimum atomic E-state index is -0.241. The molecule has 1 aromatic carbocycles. The number of para-hydroxylation sites is 1. The van der Waals surface area contributed by atoms with E-state index < -0.39 is 0 Å². The van der Waals surface area contributed by atoms with Crippen LogP contribution in [0.25, 0.3) is 0 Å². The number of halogens is 1. The van der Waals surface area contributed by atoms with Crippen LogP contribution in [0.2, 0.25) is 0 Å². The Bertz CT molecular complexity index is 431. The van der Waals surface area contributed by atoms with E-state index in [-0.39, 0.29) is 17.4 Å². The van der Waals surface area contributed by atoms with Crippen molar-refractivity contribution >= 4 is 21.8 Å². The van der Waals surface area contributed by atoms with Crippen LogP contribution in [0.4, 0.5) is 0 Å². The van der Waals surface area contributed by atoms with Crippen molar-refractivity contribution in [3.63, 3.8) is 0 Å². The van der Waals surface area contributed by atoms with E-state index >= 15 is 0 Å². The molecule has 0 fully saturated rings. The number of hydrogen-bond donors (Lipinski definition) is 1. The molecule has 1 heterocycles. The Kier molecular flexibility index (Phi) is 3.43. The Labute approximate surface area is 110 Å². The number of carbonyl (C=O) groups is 1. The first-order chi connectivity index (χ1) is 8.03. The highest BCUT2D eigenvalue weighted by molar-refractivity contribution is 9.09. The summed E-state index contributed by atoms with van der Waals surface area (Å²) in [5.74, 6) is 0.660. The molecule has 1 unspecified atom stereocenters. The average molecular weight is 298 g/mol. The fraction of sp³-hybridized carbons (Fsp3) is 0.462. The van der Waals surface area contributed by atoms with Crippen LogP contribution in [0.1, 0.15) is 25.3 Å². The number of benzene rings is 1. The van der Waals surface area contributed by atoms with E-state index in [1.165, 1.54) is 0 Å². The number of carbonyl (C=O) groups excluding carboxylic acids is 1. The first-order valence-electron chi connectivity index (χ1n) is 5.63. The maximum absolute atomic E-state index is 12.2. The molecule has 1 atom stereocenters. The molecule has 1 amide bonds. The van der Waals surface area contributed by atoms with Gasteiger partial charge in [-0.1, -0.05) is 34.1 Å². The molecule has 1 aliphatic heterocycles. The lowest BCUT2D eigenvalue weighted by Crippen LogP contribution is -2.47. The summed E-state index contributed by atoms with van der Waals surface area (Å²) in [5, 5.41) is 3.75. The zero-order chi connectivity index (χ0) is 12.5. The largest absolute Gasteiger partial charge is 0.492 e. The molecule has 17 heavy (non-hydrogen) atoms. The van der Waals surface area contributed by atoms with Crippen molar-refractivity contribution in [3.05, 3.63) is 29.8 Å². The Morgan fingerprint density at radius 2 is 2.24 bits per heavy atom. The smallest absolute Gasteiger partial charge is 0.231 e. The van der Waals surface area contributed by atoms with Crippen molar-refractivity contribution in [2.75, 3.05) is 11.9 Å². The molecule has 0 aromatic heterocycles. The molecule has 0 saturated carbocycles. The summed E-state index contributed by atoms with van der Waals surface area (Å²) < 4.78 is 5.51. The van der Waals surface area contributed by atoms with Gasteiger partial charge < -0.3 is 10.1 Å². The van der Waals surface area contributed by atoms with Crippen molar-refractivity contribution in [1.29, 1.82) is 0 Å². The summed E-state index contributed by atoms with van der Waals surface area (Å²) >= 11 is 3.39. The highest BCUT2D eigenvalue weighted by atomic mass is 79.9. The van der Waals surface area contributed by atoms with E-state index in [2.05, 4.69) is 21.2 Å². The van der Waals surface area contributed by atoms with Gasteiger partial charge in [0.05, 0.1) is 0 Å². The van der Waals surface area contributed by atoms with Gasteiger partial charge in [0.2, 0.25) is 5.91 Å². The first-order valence-corrected chi connectivity index (χ1v) is 6.75. The normalized spacial score (nSPS) is 18.4. The van der Waals surface area contributed by atoms with Gasteiger partial charge in [0, 0.05) is 16.4 Å². The third kappa shape index (κ3) is 2.63. The lowest BCUT2D eigenvalue weighted by molar-refractivity contribution is -0.124. The second-order valence-electron chi connectivity index (χ2n) is 4.91. The summed E-state index contributed by atoms with van der Waals surface area (Å²) in [7, 11) is 0. The van der Waals surface area contributed by atoms with Crippen LogP contribution >= 0.6 is 15.9 Å². The van der Waals surface area contributed by atoms with Gasteiger partial charge >= 0.3 is 0 Å². The average Bonchev–Trinajstić information content (AvgIpc) is 2.72. The molecule has 0 radical (unpaired) electrons. The lowest BCUT2D eigenvalue weighted by Gasteiger charge is -2.25. The number of nitrogens with one attached hydrogen (secondary N) is 1. The van der Waals surface area contributed by atoms with Crippen LogP contribution in [0, 0.1) is 0 Å². The SMILES string of the molecule is CC(C)(CBr)NC(=O)C1COc2ccccc21. The molecule has 4 heteroatoms. The highest BCUT2D eigenvalue weighted by Gasteiger charge is 2.32. The van der Waals surface area contributed by atoms with E-state index in [0.29, 0.717) is 6.61 Å². The van der Waals surface area contributed by atoms with E-state index in [1.54, 1.807) is 0 Å². The fourth-order valence-corrected chi connectivity index (χ4v) is 1.97. The maximum Gasteiger partial charge on any atom is 0.231 e. The summed E-state index contributed by atoms with van der Waals surface area (Å²) in [6, 6.07) is 7.71. The molecule has 0 saturated heterocycles. The zero-order valence-electron chi connectivity index (χ0n) is 10.00. The minimum absolute atomic E-state index is 0.0272. The predicted molar refractivity (Wildman–Crippen MR) is 70.7 cm³/mol. The van der Waals surface area contributed by atoms with E-state index in [1.807, 2.05) is 38.1 Å². The minimum Gasteiger partial charge on any atom is -0.492 e. The van der Waals surface area contributed by atoms with E-state index in [9.17, 15) is 4.79 Å². The molecule has 3 nitrogen and oxygen atoms in total. The number of rotatable bonds is 3. The van der Waals surface area contributed by atoms with Crippen LogP contribution in [0.3, 0.4) is 0 Å². The van der Waals surface area contributed by atoms with Gasteiger partial charge in [-0.05, 0) is 19.9 Å². The molecule has 92 valence electrons. The molecule has 0 aliphatic carbocycles. The first kappa shape index (κ1) is 12.4. The van der Waals surface area contributed by atoms with Crippen molar-refractivity contribution in [1.82, 2.24) is 5.32 Å². The number of amides is 1. The van der Waals surface area contributed by atoms with Crippen LogP contribution in [0.15, 0.2) is 24.3 Å². The molecule has 1 aromatic rings.